The molecule has 0 unspecified atom stereocenters. The lowest BCUT2D eigenvalue weighted by molar-refractivity contribution is 0.241. The first-order valence-electron chi connectivity index (χ1n) is 7.86. The molecule has 1 fully saturated rings. The zero-order chi connectivity index (χ0) is 15.5. The van der Waals surface area contributed by atoms with Gasteiger partial charge in [0.2, 0.25) is 0 Å². The van der Waals surface area contributed by atoms with Crippen LogP contribution in [0.15, 0.2) is 49.2 Å². The third-order valence-corrected chi connectivity index (χ3v) is 4.22. The normalized spacial score (nSPS) is 18.3. The van der Waals surface area contributed by atoms with Gasteiger partial charge in [-0.25, -0.2) is 9.97 Å². The summed E-state index contributed by atoms with van der Waals surface area (Å²) in [6.45, 7) is 1.88. The molecule has 23 heavy (non-hydrogen) atoms. The van der Waals surface area contributed by atoms with Crippen molar-refractivity contribution < 1.29 is 0 Å². The maximum Gasteiger partial charge on any atom is 0.157 e. The van der Waals surface area contributed by atoms with E-state index in [1.165, 1.54) is 0 Å². The van der Waals surface area contributed by atoms with Gasteiger partial charge in [0.05, 0.1) is 17.4 Å². The Bertz CT molecular complexity index is 756. The Labute approximate surface area is 134 Å². The quantitative estimate of drug-likeness (QED) is 0.802. The van der Waals surface area contributed by atoms with E-state index in [4.69, 9.17) is 0 Å². The molecule has 0 aromatic carbocycles. The largest absolute Gasteiger partial charge is 0.343 e. The summed E-state index contributed by atoms with van der Waals surface area (Å²) in [5.41, 5.74) is 2.93. The number of aromatic nitrogens is 5. The standard InChI is InChI=1S/C17H18N6/c1-2-6-18-13(4-1)12-23-11-3-5-14(23)15-16(20-8-7-19-15)17-21-9-10-22-17/h1-2,4,6-10,14H,3,5,11-12H2,(H,21,22)/t14-/m0/s1. The first-order chi connectivity index (χ1) is 11.4. The van der Waals surface area contributed by atoms with Crippen molar-refractivity contribution >= 4 is 0 Å². The second kappa shape index (κ2) is 6.26. The molecule has 0 bridgehead atoms. The monoisotopic (exact) mass is 306 g/mol. The van der Waals surface area contributed by atoms with Gasteiger partial charge in [-0.2, -0.15) is 0 Å². The molecule has 6 nitrogen and oxygen atoms in total. The van der Waals surface area contributed by atoms with Crippen LogP contribution in [0.3, 0.4) is 0 Å². The third kappa shape index (κ3) is 2.85. The zero-order valence-corrected chi connectivity index (χ0v) is 12.8. The number of nitrogens with zero attached hydrogens (tertiary/aromatic N) is 5. The van der Waals surface area contributed by atoms with Crippen LogP contribution in [0.1, 0.15) is 30.3 Å². The molecule has 1 saturated heterocycles. The van der Waals surface area contributed by atoms with Crippen LogP contribution in [0.2, 0.25) is 0 Å². The van der Waals surface area contributed by atoms with E-state index in [1.807, 2.05) is 24.5 Å². The van der Waals surface area contributed by atoms with Gasteiger partial charge in [0.25, 0.3) is 0 Å². The molecule has 116 valence electrons. The molecule has 0 radical (unpaired) electrons. The Morgan fingerprint density at radius 3 is 2.83 bits per heavy atom. The Morgan fingerprint density at radius 2 is 2.00 bits per heavy atom. The van der Waals surface area contributed by atoms with Crippen LogP contribution >= 0.6 is 0 Å². The number of aromatic amines is 1. The summed E-state index contributed by atoms with van der Waals surface area (Å²) in [5.74, 6) is 0.776. The molecule has 6 heteroatoms. The fraction of sp³-hybridized carbons (Fsp3) is 0.294. The van der Waals surface area contributed by atoms with Crippen LogP contribution in [0, 0.1) is 0 Å². The SMILES string of the molecule is c1ccc(CN2CCC[C@H]2c2nccnc2-c2ncc[nH]2)nc1. The van der Waals surface area contributed by atoms with Crippen molar-refractivity contribution in [2.45, 2.75) is 25.4 Å². The van der Waals surface area contributed by atoms with Gasteiger partial charge in [-0.3, -0.25) is 14.9 Å². The highest BCUT2D eigenvalue weighted by Gasteiger charge is 2.30. The minimum atomic E-state index is 0.255. The number of H-pyrrole nitrogens is 1. The Morgan fingerprint density at radius 1 is 1.04 bits per heavy atom. The molecule has 1 aliphatic heterocycles. The van der Waals surface area contributed by atoms with Crippen molar-refractivity contribution in [2.24, 2.45) is 0 Å². The molecule has 4 heterocycles. The minimum absolute atomic E-state index is 0.255. The minimum Gasteiger partial charge on any atom is -0.343 e. The van der Waals surface area contributed by atoms with Gasteiger partial charge in [0.15, 0.2) is 5.82 Å². The molecule has 1 aliphatic rings. The van der Waals surface area contributed by atoms with Crippen molar-refractivity contribution in [1.82, 2.24) is 29.8 Å². The number of likely N-dealkylation sites (tertiary alicyclic amines) is 1. The summed E-state index contributed by atoms with van der Waals surface area (Å²) < 4.78 is 0. The van der Waals surface area contributed by atoms with Crippen LogP contribution in [0.4, 0.5) is 0 Å². The van der Waals surface area contributed by atoms with Crippen molar-refractivity contribution in [3.63, 3.8) is 0 Å². The highest BCUT2D eigenvalue weighted by atomic mass is 15.2. The van der Waals surface area contributed by atoms with Gasteiger partial charge in [0.1, 0.15) is 5.69 Å². The van der Waals surface area contributed by atoms with Crippen molar-refractivity contribution in [3.05, 3.63) is 60.6 Å². The topological polar surface area (TPSA) is 70.6 Å². The summed E-state index contributed by atoms with van der Waals surface area (Å²) in [5, 5.41) is 0. The number of imidazole rings is 1. The lowest BCUT2D eigenvalue weighted by Crippen LogP contribution is -2.24. The van der Waals surface area contributed by atoms with Crippen molar-refractivity contribution in [3.8, 4) is 11.5 Å². The lowest BCUT2D eigenvalue weighted by Gasteiger charge is -2.24. The summed E-state index contributed by atoms with van der Waals surface area (Å²) >= 11 is 0. The zero-order valence-electron chi connectivity index (χ0n) is 12.8. The van der Waals surface area contributed by atoms with E-state index in [0.717, 1.165) is 48.8 Å². The molecule has 0 amide bonds. The predicted molar refractivity (Wildman–Crippen MR) is 86.2 cm³/mol. The van der Waals surface area contributed by atoms with E-state index in [-0.39, 0.29) is 6.04 Å². The van der Waals surface area contributed by atoms with E-state index >= 15 is 0 Å². The Balaban J connectivity index is 1.65. The molecule has 4 rings (SSSR count). The number of rotatable bonds is 4. The van der Waals surface area contributed by atoms with Crippen molar-refractivity contribution in [1.29, 1.82) is 0 Å². The van der Waals surface area contributed by atoms with Crippen molar-refractivity contribution in [2.75, 3.05) is 6.54 Å². The average molecular weight is 306 g/mol. The number of hydrogen-bond donors (Lipinski definition) is 1. The summed E-state index contributed by atoms with van der Waals surface area (Å²) in [6, 6.07) is 6.30. The van der Waals surface area contributed by atoms with E-state index in [1.54, 1.807) is 18.6 Å². The predicted octanol–water partition coefficient (Wildman–Crippen LogP) is 2.60. The first-order valence-corrected chi connectivity index (χ1v) is 7.86. The summed E-state index contributed by atoms with van der Waals surface area (Å²) in [6.07, 6.45) is 11.1. The number of hydrogen-bond acceptors (Lipinski definition) is 5. The van der Waals surface area contributed by atoms with Gasteiger partial charge < -0.3 is 4.98 Å². The molecule has 0 spiro atoms. The number of pyridine rings is 1. The van der Waals surface area contributed by atoms with Gasteiger partial charge in [-0.1, -0.05) is 6.07 Å². The Hall–Kier alpha value is -2.60. The third-order valence-electron chi connectivity index (χ3n) is 4.22. The number of nitrogens with one attached hydrogen (secondary N) is 1. The molecule has 0 aliphatic carbocycles. The average Bonchev–Trinajstić information content (AvgIpc) is 3.27. The van der Waals surface area contributed by atoms with Crippen LogP contribution in [0.5, 0.6) is 0 Å². The summed E-state index contributed by atoms with van der Waals surface area (Å²) in [4.78, 5) is 23.5. The fourth-order valence-electron chi connectivity index (χ4n) is 3.19. The smallest absolute Gasteiger partial charge is 0.157 e. The molecule has 1 atom stereocenters. The Kier molecular flexibility index (Phi) is 3.81. The maximum atomic E-state index is 4.62. The molecular weight excluding hydrogens is 288 g/mol. The molecule has 0 saturated carbocycles. The second-order valence-electron chi connectivity index (χ2n) is 5.68. The van der Waals surface area contributed by atoms with E-state index in [2.05, 4.69) is 35.9 Å². The van der Waals surface area contributed by atoms with Gasteiger partial charge in [0, 0.05) is 37.5 Å². The maximum absolute atomic E-state index is 4.62. The van der Waals surface area contributed by atoms with Crippen LogP contribution < -0.4 is 0 Å². The summed E-state index contributed by atoms with van der Waals surface area (Å²) in [7, 11) is 0. The van der Waals surface area contributed by atoms with E-state index in [0.29, 0.717) is 0 Å². The molecular formula is C17H18N6. The molecule has 3 aromatic rings. The highest BCUT2D eigenvalue weighted by molar-refractivity contribution is 5.53. The molecule has 1 N–H and O–H groups in total. The first kappa shape index (κ1) is 14.0. The van der Waals surface area contributed by atoms with Crippen LogP contribution in [0.25, 0.3) is 11.5 Å². The van der Waals surface area contributed by atoms with Gasteiger partial charge in [-0.15, -0.1) is 0 Å². The van der Waals surface area contributed by atoms with E-state index in [9.17, 15) is 0 Å². The van der Waals surface area contributed by atoms with E-state index < -0.39 is 0 Å². The van der Waals surface area contributed by atoms with Gasteiger partial charge >= 0.3 is 0 Å². The second-order valence-corrected chi connectivity index (χ2v) is 5.68. The van der Waals surface area contributed by atoms with Crippen LogP contribution in [-0.4, -0.2) is 36.4 Å². The van der Waals surface area contributed by atoms with Crippen LogP contribution in [-0.2, 0) is 6.54 Å². The van der Waals surface area contributed by atoms with Gasteiger partial charge in [-0.05, 0) is 31.5 Å². The molecule has 3 aromatic heterocycles. The fourth-order valence-corrected chi connectivity index (χ4v) is 3.19. The highest BCUT2D eigenvalue weighted by Crippen LogP contribution is 2.35. The lowest BCUT2D eigenvalue weighted by atomic mass is 10.1.